The van der Waals surface area contributed by atoms with Crippen LogP contribution in [0.1, 0.15) is 18.4 Å². The number of nitrogens with zero attached hydrogens (tertiary/aromatic N) is 1. The van der Waals surface area contributed by atoms with Crippen molar-refractivity contribution in [3.63, 3.8) is 0 Å². The second-order valence-electron chi connectivity index (χ2n) is 4.67. The number of hydrogen-bond donors (Lipinski definition) is 1. The Balaban J connectivity index is 2.30. The summed E-state index contributed by atoms with van der Waals surface area (Å²) >= 11 is 0. The minimum absolute atomic E-state index is 0.0108. The lowest BCUT2D eigenvalue weighted by molar-refractivity contribution is 0.274. The molecule has 0 aliphatic carbocycles. The van der Waals surface area contributed by atoms with Gasteiger partial charge >= 0.3 is 0 Å². The largest absolute Gasteiger partial charge is 0.317 e. The molecule has 0 atom stereocenters. The summed E-state index contributed by atoms with van der Waals surface area (Å²) in [6, 6.07) is 3.48. The van der Waals surface area contributed by atoms with Gasteiger partial charge in [0.2, 0.25) is 0 Å². The van der Waals surface area contributed by atoms with E-state index >= 15 is 0 Å². The molecule has 1 aliphatic rings. The van der Waals surface area contributed by atoms with E-state index in [0.29, 0.717) is 38.1 Å². The summed E-state index contributed by atoms with van der Waals surface area (Å²) in [4.78, 5) is 0. The van der Waals surface area contributed by atoms with E-state index in [1.165, 1.54) is 0 Å². The van der Waals surface area contributed by atoms with Gasteiger partial charge in [-0.05, 0) is 32.4 Å². The van der Waals surface area contributed by atoms with Gasteiger partial charge in [-0.15, -0.1) is 0 Å². The Kier molecular flexibility index (Phi) is 3.58. The predicted octanol–water partition coefficient (Wildman–Crippen LogP) is 2.54. The number of hydrogen-bond acceptors (Lipinski definition) is 2. The minimum Gasteiger partial charge on any atom is -0.317 e. The first-order valence-electron chi connectivity index (χ1n) is 5.82. The Hall–Kier alpha value is -1.54. The molecule has 1 saturated heterocycles. The van der Waals surface area contributed by atoms with Gasteiger partial charge < -0.3 is 5.32 Å². The molecule has 0 spiro atoms. The van der Waals surface area contributed by atoms with Crippen molar-refractivity contribution in [2.24, 2.45) is 5.41 Å². The molecule has 1 heterocycles. The van der Waals surface area contributed by atoms with Crippen LogP contribution in [0.5, 0.6) is 0 Å². The summed E-state index contributed by atoms with van der Waals surface area (Å²) in [6.07, 6.45) is 1.07. The highest BCUT2D eigenvalue weighted by atomic mass is 19.1. The summed E-state index contributed by atoms with van der Waals surface area (Å²) in [5.41, 5.74) is -0.954. The van der Waals surface area contributed by atoms with Crippen molar-refractivity contribution < 1.29 is 13.2 Å². The van der Waals surface area contributed by atoms with Crippen LogP contribution < -0.4 is 5.32 Å². The van der Waals surface area contributed by atoms with E-state index in [0.717, 1.165) is 0 Å². The highest BCUT2D eigenvalue weighted by Gasteiger charge is 2.34. The molecule has 2 rings (SSSR count). The van der Waals surface area contributed by atoms with E-state index < -0.39 is 22.9 Å². The van der Waals surface area contributed by atoms with Crippen LogP contribution in [-0.2, 0) is 6.42 Å². The fourth-order valence-electron chi connectivity index (χ4n) is 2.31. The van der Waals surface area contributed by atoms with Crippen molar-refractivity contribution >= 4 is 0 Å². The van der Waals surface area contributed by atoms with Gasteiger partial charge in [0.25, 0.3) is 0 Å². The lowest BCUT2D eigenvalue weighted by Gasteiger charge is -2.31. The zero-order chi connectivity index (χ0) is 13.2. The molecule has 0 radical (unpaired) electrons. The molecule has 1 aromatic carbocycles. The number of benzene rings is 1. The number of nitrogens with one attached hydrogen (secondary N) is 1. The third-order valence-electron chi connectivity index (χ3n) is 3.42. The average molecular weight is 254 g/mol. The Labute approximate surface area is 103 Å². The van der Waals surface area contributed by atoms with E-state index in [1.807, 2.05) is 0 Å². The van der Waals surface area contributed by atoms with Crippen LogP contribution in [0.3, 0.4) is 0 Å². The molecule has 5 heteroatoms. The van der Waals surface area contributed by atoms with Crippen LogP contribution in [0.25, 0.3) is 0 Å². The molecule has 1 fully saturated rings. The quantitative estimate of drug-likeness (QED) is 0.880. The Morgan fingerprint density at radius 2 is 1.72 bits per heavy atom. The second-order valence-corrected chi connectivity index (χ2v) is 4.67. The maximum absolute atomic E-state index is 13.6. The highest BCUT2D eigenvalue weighted by molar-refractivity contribution is 5.24. The third kappa shape index (κ3) is 2.49. The van der Waals surface area contributed by atoms with Crippen molar-refractivity contribution in [3.8, 4) is 6.07 Å². The number of rotatable bonds is 2. The first-order chi connectivity index (χ1) is 8.56. The second kappa shape index (κ2) is 4.99. The van der Waals surface area contributed by atoms with Gasteiger partial charge in [-0.25, -0.2) is 13.2 Å². The van der Waals surface area contributed by atoms with Gasteiger partial charge in [-0.1, -0.05) is 0 Å². The minimum atomic E-state index is -0.940. The molecule has 0 saturated carbocycles. The number of nitriles is 1. The molecule has 2 nitrogen and oxygen atoms in total. The molecule has 0 amide bonds. The van der Waals surface area contributed by atoms with E-state index in [9.17, 15) is 18.4 Å². The van der Waals surface area contributed by atoms with Crippen LogP contribution in [0.4, 0.5) is 13.2 Å². The molecular formula is C13H13F3N2. The Morgan fingerprint density at radius 3 is 2.22 bits per heavy atom. The van der Waals surface area contributed by atoms with Crippen LogP contribution in [-0.4, -0.2) is 13.1 Å². The van der Waals surface area contributed by atoms with E-state index in [4.69, 9.17) is 0 Å². The molecule has 0 aromatic heterocycles. The lowest BCUT2D eigenvalue weighted by atomic mass is 9.75. The average Bonchev–Trinajstić information content (AvgIpc) is 2.35. The van der Waals surface area contributed by atoms with Crippen molar-refractivity contribution in [1.82, 2.24) is 5.32 Å². The molecule has 96 valence electrons. The highest BCUT2D eigenvalue weighted by Crippen LogP contribution is 2.33. The molecule has 0 unspecified atom stereocenters. The van der Waals surface area contributed by atoms with Gasteiger partial charge in [-0.2, -0.15) is 5.26 Å². The van der Waals surface area contributed by atoms with E-state index in [-0.39, 0.29) is 12.0 Å². The van der Waals surface area contributed by atoms with Crippen molar-refractivity contribution in [2.45, 2.75) is 19.3 Å². The molecular weight excluding hydrogens is 241 g/mol. The summed E-state index contributed by atoms with van der Waals surface area (Å²) in [5.74, 6) is -2.77. The molecule has 1 aromatic rings. The van der Waals surface area contributed by atoms with Gasteiger partial charge in [0.15, 0.2) is 0 Å². The smallest absolute Gasteiger partial charge is 0.132 e. The topological polar surface area (TPSA) is 35.8 Å². The monoisotopic (exact) mass is 254 g/mol. The van der Waals surface area contributed by atoms with Crippen LogP contribution in [0.15, 0.2) is 12.1 Å². The van der Waals surface area contributed by atoms with Gasteiger partial charge in [-0.3, -0.25) is 0 Å². The van der Waals surface area contributed by atoms with Gasteiger partial charge in [0.1, 0.15) is 17.5 Å². The molecule has 0 bridgehead atoms. The van der Waals surface area contributed by atoms with Crippen LogP contribution >= 0.6 is 0 Å². The Bertz CT molecular complexity index is 464. The number of piperidine rings is 1. The van der Waals surface area contributed by atoms with E-state index in [1.54, 1.807) is 0 Å². The fourth-order valence-corrected chi connectivity index (χ4v) is 2.31. The first-order valence-corrected chi connectivity index (χ1v) is 5.82. The number of halogens is 3. The normalized spacial score (nSPS) is 18.3. The zero-order valence-corrected chi connectivity index (χ0v) is 9.77. The fraction of sp³-hybridized carbons (Fsp3) is 0.462. The van der Waals surface area contributed by atoms with Crippen molar-refractivity contribution in [2.75, 3.05) is 13.1 Å². The zero-order valence-electron chi connectivity index (χ0n) is 9.77. The maximum atomic E-state index is 13.6. The van der Waals surface area contributed by atoms with Crippen LogP contribution in [0.2, 0.25) is 0 Å². The Morgan fingerprint density at radius 1 is 1.17 bits per heavy atom. The first kappa shape index (κ1) is 12.9. The summed E-state index contributed by atoms with van der Waals surface area (Å²) in [6.45, 7) is 1.30. The molecule has 1 aliphatic heterocycles. The molecule has 18 heavy (non-hydrogen) atoms. The maximum Gasteiger partial charge on any atom is 0.132 e. The summed E-state index contributed by atoms with van der Waals surface area (Å²) in [7, 11) is 0. The van der Waals surface area contributed by atoms with Gasteiger partial charge in [0, 0.05) is 17.7 Å². The van der Waals surface area contributed by atoms with Crippen molar-refractivity contribution in [1.29, 1.82) is 5.26 Å². The summed E-state index contributed by atoms with van der Waals surface area (Å²) < 4.78 is 39.9. The lowest BCUT2D eigenvalue weighted by Crippen LogP contribution is -2.37. The SMILES string of the molecule is N#CC1(Cc2c(F)cc(F)cc2F)CCNCC1. The summed E-state index contributed by atoms with van der Waals surface area (Å²) in [5, 5.41) is 12.3. The standard InChI is InChI=1S/C13H13F3N2/c14-9-5-11(15)10(12(16)6-9)7-13(8-17)1-3-18-4-2-13/h5-6,18H,1-4,7H2. The van der Waals surface area contributed by atoms with Crippen LogP contribution in [0, 0.1) is 34.2 Å². The van der Waals surface area contributed by atoms with Crippen molar-refractivity contribution in [3.05, 3.63) is 35.1 Å². The predicted molar refractivity (Wildman–Crippen MR) is 60.2 cm³/mol. The molecule has 1 N–H and O–H groups in total. The van der Waals surface area contributed by atoms with E-state index in [2.05, 4.69) is 11.4 Å². The third-order valence-corrected chi connectivity index (χ3v) is 3.42. The van der Waals surface area contributed by atoms with Gasteiger partial charge in [0.05, 0.1) is 11.5 Å².